The van der Waals surface area contributed by atoms with Gasteiger partial charge in [-0.15, -0.1) is 0 Å². The lowest BCUT2D eigenvalue weighted by Crippen LogP contribution is -2.44. The minimum atomic E-state index is 0.203. The topological polar surface area (TPSA) is 59.1 Å². The van der Waals surface area contributed by atoms with E-state index in [9.17, 15) is 0 Å². The van der Waals surface area contributed by atoms with E-state index in [0.29, 0.717) is 32.9 Å². The molecule has 1 aliphatic heterocycles. The zero-order valence-corrected chi connectivity index (χ0v) is 21.9. The van der Waals surface area contributed by atoms with Gasteiger partial charge in [0, 0.05) is 43.5 Å². The third-order valence-electron chi connectivity index (χ3n) is 6.08. The Morgan fingerprint density at radius 3 is 2.34 bits per heavy atom. The number of pyridine rings is 1. The zero-order chi connectivity index (χ0) is 24.9. The highest BCUT2D eigenvalue weighted by Crippen LogP contribution is 2.37. The Morgan fingerprint density at radius 2 is 1.69 bits per heavy atom. The maximum Gasteiger partial charge on any atom is 0.144 e. The molecule has 186 valence electrons. The number of rotatable bonds is 8. The van der Waals surface area contributed by atoms with Gasteiger partial charge in [-0.3, -0.25) is 0 Å². The Bertz CT molecular complexity index is 1170. The normalized spacial score (nSPS) is 14.1. The largest absolute Gasteiger partial charge is 0.495 e. The molecule has 0 atom stereocenters. The van der Waals surface area contributed by atoms with E-state index in [4.69, 9.17) is 37.4 Å². The second-order valence-corrected chi connectivity index (χ2v) is 9.23. The number of hydrogen-bond donors (Lipinski definition) is 1. The number of hydrogen-bond acceptors (Lipinski definition) is 7. The minimum absolute atomic E-state index is 0.203. The molecular weight excluding hydrogens is 487 g/mol. The molecule has 3 aromatic rings. The molecule has 0 radical (unpaired) electrons. The molecular formula is C26H30Cl2N4O3. The van der Waals surface area contributed by atoms with Crippen molar-refractivity contribution in [2.45, 2.75) is 13.5 Å². The number of methoxy groups -OCH3 is 2. The highest BCUT2D eigenvalue weighted by molar-refractivity contribution is 6.37. The van der Waals surface area contributed by atoms with Crippen LogP contribution in [0.1, 0.15) is 11.1 Å². The van der Waals surface area contributed by atoms with Gasteiger partial charge in [-0.25, -0.2) is 4.98 Å². The lowest BCUT2D eigenvalue weighted by atomic mass is 10.1. The fourth-order valence-corrected chi connectivity index (χ4v) is 4.52. The number of nitrogens with zero attached hydrogens (tertiary/aromatic N) is 3. The number of piperazine rings is 1. The Hall–Kier alpha value is -2.87. The number of benzene rings is 2. The van der Waals surface area contributed by atoms with Gasteiger partial charge in [-0.1, -0.05) is 23.2 Å². The van der Waals surface area contributed by atoms with E-state index in [0.717, 1.165) is 48.9 Å². The van der Waals surface area contributed by atoms with E-state index in [2.05, 4.69) is 33.2 Å². The Morgan fingerprint density at radius 1 is 0.943 bits per heavy atom. The highest BCUT2D eigenvalue weighted by Gasteiger charge is 2.18. The molecule has 2 heterocycles. The van der Waals surface area contributed by atoms with Gasteiger partial charge < -0.3 is 29.3 Å². The van der Waals surface area contributed by atoms with Crippen LogP contribution in [0.15, 0.2) is 42.6 Å². The molecule has 0 aliphatic carbocycles. The van der Waals surface area contributed by atoms with Crippen molar-refractivity contribution in [2.24, 2.45) is 0 Å². The van der Waals surface area contributed by atoms with Gasteiger partial charge in [-0.2, -0.15) is 0 Å². The van der Waals surface area contributed by atoms with Crippen LogP contribution in [0, 0.1) is 6.92 Å². The molecule has 0 saturated carbocycles. The monoisotopic (exact) mass is 516 g/mol. The summed E-state index contributed by atoms with van der Waals surface area (Å²) in [5.74, 6) is 2.70. The van der Waals surface area contributed by atoms with E-state index in [1.165, 1.54) is 0 Å². The van der Waals surface area contributed by atoms with Crippen LogP contribution >= 0.6 is 23.2 Å². The first-order valence-corrected chi connectivity index (χ1v) is 12.1. The average molecular weight is 517 g/mol. The van der Waals surface area contributed by atoms with Crippen LogP contribution in [0.4, 0.5) is 17.2 Å². The lowest BCUT2D eigenvalue weighted by molar-refractivity contribution is 0.304. The number of nitrogens with one attached hydrogen (secondary N) is 1. The van der Waals surface area contributed by atoms with E-state index in [1.807, 2.05) is 37.3 Å². The molecule has 35 heavy (non-hydrogen) atoms. The summed E-state index contributed by atoms with van der Waals surface area (Å²) in [5.41, 5.74) is 3.55. The van der Waals surface area contributed by atoms with Crippen LogP contribution in [-0.4, -0.2) is 57.3 Å². The summed E-state index contributed by atoms with van der Waals surface area (Å²) in [5, 5.41) is 4.34. The molecule has 1 aromatic heterocycles. The Balaban J connectivity index is 1.41. The third-order valence-corrected chi connectivity index (χ3v) is 7.02. The fraction of sp³-hybridized carbons (Fsp3) is 0.346. The maximum atomic E-state index is 6.44. The lowest BCUT2D eigenvalue weighted by Gasteiger charge is -2.34. The number of halogens is 2. The molecule has 2 aromatic carbocycles. The number of likely N-dealkylation sites (N-methyl/N-ethyl adjacent to an activating group) is 1. The summed E-state index contributed by atoms with van der Waals surface area (Å²) >= 11 is 12.9. The predicted molar refractivity (Wildman–Crippen MR) is 142 cm³/mol. The molecule has 1 N–H and O–H groups in total. The molecule has 0 unspecified atom stereocenters. The minimum Gasteiger partial charge on any atom is -0.495 e. The molecule has 0 bridgehead atoms. The number of aromatic nitrogens is 1. The smallest absolute Gasteiger partial charge is 0.144 e. The van der Waals surface area contributed by atoms with Gasteiger partial charge in [0.1, 0.15) is 29.7 Å². The second-order valence-electron chi connectivity index (χ2n) is 8.47. The summed E-state index contributed by atoms with van der Waals surface area (Å²) in [6.45, 7) is 6.14. The van der Waals surface area contributed by atoms with Crippen LogP contribution in [-0.2, 0) is 6.61 Å². The third kappa shape index (κ3) is 5.86. The van der Waals surface area contributed by atoms with Crippen molar-refractivity contribution in [3.05, 3.63) is 63.8 Å². The SMILES string of the molecule is COc1cc(Nc2ccc(OCc3c(Cl)c(C)cc(OC)c3Cl)cn2)ccc1N1CCN(C)CC1. The van der Waals surface area contributed by atoms with Gasteiger partial charge in [0.25, 0.3) is 0 Å². The van der Waals surface area contributed by atoms with Gasteiger partial charge in [0.15, 0.2) is 0 Å². The van der Waals surface area contributed by atoms with Crippen LogP contribution in [0.2, 0.25) is 10.0 Å². The van der Waals surface area contributed by atoms with E-state index < -0.39 is 0 Å². The quantitative estimate of drug-likeness (QED) is 0.406. The predicted octanol–water partition coefficient (Wildman–Crippen LogP) is 5.79. The standard InChI is InChI=1S/C26H30Cl2N4O3/c1-17-13-23(34-4)26(28)20(25(17)27)16-35-19-6-8-24(29-15-19)30-18-5-7-21(22(14-18)33-3)32-11-9-31(2)10-12-32/h5-8,13-15H,9-12,16H2,1-4H3,(H,29,30). The van der Waals surface area contributed by atoms with Crippen molar-refractivity contribution < 1.29 is 14.2 Å². The van der Waals surface area contributed by atoms with Crippen molar-refractivity contribution in [3.63, 3.8) is 0 Å². The molecule has 0 spiro atoms. The molecule has 1 saturated heterocycles. The first-order valence-electron chi connectivity index (χ1n) is 11.4. The molecule has 4 rings (SSSR count). The van der Waals surface area contributed by atoms with Crippen LogP contribution < -0.4 is 24.4 Å². The number of anilines is 3. The van der Waals surface area contributed by atoms with Crippen molar-refractivity contribution >= 4 is 40.4 Å². The van der Waals surface area contributed by atoms with Gasteiger partial charge in [0.2, 0.25) is 0 Å². The maximum absolute atomic E-state index is 6.44. The molecule has 1 aliphatic rings. The van der Waals surface area contributed by atoms with Gasteiger partial charge in [0.05, 0.1) is 36.1 Å². The van der Waals surface area contributed by atoms with Gasteiger partial charge >= 0.3 is 0 Å². The summed E-state index contributed by atoms with van der Waals surface area (Å²) in [7, 11) is 5.42. The number of ether oxygens (including phenoxy) is 3. The summed E-state index contributed by atoms with van der Waals surface area (Å²) in [6.07, 6.45) is 1.66. The van der Waals surface area contributed by atoms with Gasteiger partial charge in [-0.05, 0) is 49.9 Å². The number of aryl methyl sites for hydroxylation is 1. The van der Waals surface area contributed by atoms with E-state index in [1.54, 1.807) is 20.4 Å². The van der Waals surface area contributed by atoms with E-state index in [-0.39, 0.29) is 6.61 Å². The highest BCUT2D eigenvalue weighted by atomic mass is 35.5. The molecule has 7 nitrogen and oxygen atoms in total. The van der Waals surface area contributed by atoms with Crippen molar-refractivity contribution in [1.29, 1.82) is 0 Å². The fourth-order valence-electron chi connectivity index (χ4n) is 3.99. The summed E-state index contributed by atoms with van der Waals surface area (Å²) < 4.78 is 16.9. The van der Waals surface area contributed by atoms with Crippen molar-refractivity contribution in [1.82, 2.24) is 9.88 Å². The first kappa shape index (κ1) is 25.2. The average Bonchev–Trinajstić information content (AvgIpc) is 2.87. The molecule has 9 heteroatoms. The van der Waals surface area contributed by atoms with E-state index >= 15 is 0 Å². The Kier molecular flexibility index (Phi) is 8.11. The van der Waals surface area contributed by atoms with Crippen molar-refractivity contribution in [3.8, 4) is 17.2 Å². The zero-order valence-electron chi connectivity index (χ0n) is 20.4. The van der Waals surface area contributed by atoms with Crippen LogP contribution in [0.5, 0.6) is 17.2 Å². The Labute approximate surface area is 216 Å². The van der Waals surface area contributed by atoms with Crippen molar-refractivity contribution in [2.75, 3.05) is 57.7 Å². The van der Waals surface area contributed by atoms with Crippen LogP contribution in [0.3, 0.4) is 0 Å². The molecule has 1 fully saturated rings. The summed E-state index contributed by atoms with van der Waals surface area (Å²) in [6, 6.07) is 11.6. The van der Waals surface area contributed by atoms with Crippen LogP contribution in [0.25, 0.3) is 0 Å². The summed E-state index contributed by atoms with van der Waals surface area (Å²) in [4.78, 5) is 9.16. The second kappa shape index (κ2) is 11.2. The first-order chi connectivity index (χ1) is 16.9. The molecule has 0 amide bonds.